The number of hydrogen-bond donors (Lipinski definition) is 3. The highest BCUT2D eigenvalue weighted by Crippen LogP contribution is 2.38. The minimum atomic E-state index is -1.64. The van der Waals surface area contributed by atoms with Crippen LogP contribution in [0.4, 0.5) is 0 Å². The number of ether oxygens (including phenoxy) is 1. The van der Waals surface area contributed by atoms with Crippen LogP contribution < -0.4 is 0 Å². The van der Waals surface area contributed by atoms with Gasteiger partial charge in [-0.1, -0.05) is 12.2 Å². The van der Waals surface area contributed by atoms with Gasteiger partial charge in [-0.25, -0.2) is 14.4 Å². The van der Waals surface area contributed by atoms with Gasteiger partial charge in [0.05, 0.1) is 23.2 Å². The first kappa shape index (κ1) is 18.1. The lowest BCUT2D eigenvalue weighted by Crippen LogP contribution is -2.35. The molecule has 0 bridgehead atoms. The van der Waals surface area contributed by atoms with Crippen LogP contribution in [0.5, 0.6) is 0 Å². The fourth-order valence-corrected chi connectivity index (χ4v) is 2.15. The second-order valence-corrected chi connectivity index (χ2v) is 4.89. The molecule has 0 aromatic heterocycles. The third-order valence-electron chi connectivity index (χ3n) is 3.40. The lowest BCUT2D eigenvalue weighted by Gasteiger charge is -2.29. The molecule has 0 spiro atoms. The summed E-state index contributed by atoms with van der Waals surface area (Å²) in [6.45, 7) is 1.37. The van der Waals surface area contributed by atoms with Crippen LogP contribution in [0.1, 0.15) is 19.8 Å². The molecule has 23 heavy (non-hydrogen) atoms. The van der Waals surface area contributed by atoms with Gasteiger partial charge < -0.3 is 20.1 Å². The molecule has 0 heterocycles. The van der Waals surface area contributed by atoms with Crippen molar-refractivity contribution >= 4 is 23.9 Å². The zero-order valence-electron chi connectivity index (χ0n) is 12.3. The zero-order chi connectivity index (χ0) is 17.6. The van der Waals surface area contributed by atoms with E-state index in [0.717, 1.165) is 18.2 Å². The minimum absolute atomic E-state index is 0.175. The van der Waals surface area contributed by atoms with Crippen LogP contribution in [-0.4, -0.2) is 45.8 Å². The van der Waals surface area contributed by atoms with E-state index in [0.29, 0.717) is 0 Å². The molecule has 0 aromatic carbocycles. The summed E-state index contributed by atoms with van der Waals surface area (Å²) in [7, 11) is 0. The first-order valence-electron chi connectivity index (χ1n) is 6.65. The van der Waals surface area contributed by atoms with E-state index in [9.17, 15) is 24.3 Å². The smallest absolute Gasteiger partial charge is 0.336 e. The summed E-state index contributed by atoms with van der Waals surface area (Å²) in [5.41, 5.74) is -2.59. The van der Waals surface area contributed by atoms with Crippen LogP contribution >= 0.6 is 0 Å². The largest absolute Gasteiger partial charge is 0.481 e. The van der Waals surface area contributed by atoms with Gasteiger partial charge in [-0.2, -0.15) is 0 Å². The van der Waals surface area contributed by atoms with Gasteiger partial charge in [-0.05, 0) is 13.0 Å². The third-order valence-corrected chi connectivity index (χ3v) is 3.40. The van der Waals surface area contributed by atoms with Crippen molar-refractivity contribution in [3.05, 3.63) is 35.5 Å². The number of esters is 1. The van der Waals surface area contributed by atoms with Crippen LogP contribution in [0.15, 0.2) is 35.5 Å². The van der Waals surface area contributed by atoms with Crippen LogP contribution in [0, 0.1) is 5.41 Å². The van der Waals surface area contributed by atoms with E-state index in [4.69, 9.17) is 14.9 Å². The van der Waals surface area contributed by atoms with Crippen LogP contribution in [0.3, 0.4) is 0 Å². The summed E-state index contributed by atoms with van der Waals surface area (Å²) in [6.07, 6.45) is 4.05. The van der Waals surface area contributed by atoms with Gasteiger partial charge in [0.15, 0.2) is 0 Å². The third kappa shape index (κ3) is 4.29. The molecule has 1 unspecified atom stereocenters. The molecule has 0 fully saturated rings. The van der Waals surface area contributed by atoms with E-state index in [1.165, 1.54) is 6.08 Å². The number of allylic oxidation sites excluding steroid dienone is 1. The van der Waals surface area contributed by atoms with E-state index in [1.807, 2.05) is 0 Å². The molecule has 1 aliphatic carbocycles. The van der Waals surface area contributed by atoms with Crippen molar-refractivity contribution in [1.29, 1.82) is 0 Å². The Morgan fingerprint density at radius 1 is 1.22 bits per heavy atom. The average Bonchev–Trinajstić information content (AvgIpc) is 2.46. The van der Waals surface area contributed by atoms with E-state index >= 15 is 0 Å². The number of carbonyl (C=O) groups excluding carboxylic acids is 1. The zero-order valence-corrected chi connectivity index (χ0v) is 12.3. The molecule has 1 atom stereocenters. The molecule has 0 aliphatic heterocycles. The first-order chi connectivity index (χ1) is 10.7. The molecular weight excluding hydrogens is 308 g/mol. The number of hydrogen-bond acceptors (Lipinski definition) is 5. The van der Waals surface area contributed by atoms with Crippen molar-refractivity contribution in [2.75, 3.05) is 6.61 Å². The van der Waals surface area contributed by atoms with Crippen LogP contribution in [0.2, 0.25) is 0 Å². The minimum Gasteiger partial charge on any atom is -0.481 e. The number of carbonyl (C=O) groups is 4. The molecule has 3 N–H and O–H groups in total. The van der Waals surface area contributed by atoms with E-state index in [2.05, 4.69) is 0 Å². The van der Waals surface area contributed by atoms with E-state index < -0.39 is 46.9 Å². The Balaban J connectivity index is 2.99. The fraction of sp³-hybridized carbons (Fsp3) is 0.333. The Kier molecular flexibility index (Phi) is 5.83. The summed E-state index contributed by atoms with van der Waals surface area (Å²) < 4.78 is 4.83. The van der Waals surface area contributed by atoms with Crippen molar-refractivity contribution in [3.63, 3.8) is 0 Å². The maximum atomic E-state index is 11.6. The molecular formula is C15H16O8. The summed E-state index contributed by atoms with van der Waals surface area (Å²) in [6, 6.07) is 0. The first-order valence-corrected chi connectivity index (χ1v) is 6.65. The number of carboxylic acid groups (broad SMARTS) is 3. The molecule has 8 nitrogen and oxygen atoms in total. The molecule has 0 radical (unpaired) electrons. The Labute approximate surface area is 131 Å². The van der Waals surface area contributed by atoms with Crippen molar-refractivity contribution < 1.29 is 39.2 Å². The van der Waals surface area contributed by atoms with Crippen LogP contribution in [-0.2, 0) is 23.9 Å². The lowest BCUT2D eigenvalue weighted by atomic mass is 9.74. The Morgan fingerprint density at radius 2 is 1.87 bits per heavy atom. The van der Waals surface area contributed by atoms with Crippen LogP contribution in [0.25, 0.3) is 0 Å². The van der Waals surface area contributed by atoms with Gasteiger partial charge >= 0.3 is 23.9 Å². The quantitative estimate of drug-likeness (QED) is 0.465. The number of aliphatic carboxylic acids is 3. The van der Waals surface area contributed by atoms with Crippen molar-refractivity contribution in [1.82, 2.24) is 0 Å². The average molecular weight is 324 g/mol. The molecule has 1 aliphatic rings. The SMILES string of the molecule is CC=CC(=O)OCCC1(C(=O)O)C=CC(C(=O)O)=C(C(=O)O)C1. The molecule has 0 aromatic rings. The lowest BCUT2D eigenvalue weighted by molar-refractivity contribution is -0.150. The molecule has 8 heteroatoms. The Bertz CT molecular complexity index is 625. The molecule has 0 amide bonds. The second kappa shape index (κ2) is 7.39. The molecule has 124 valence electrons. The van der Waals surface area contributed by atoms with Gasteiger partial charge in [0.2, 0.25) is 0 Å². The second-order valence-electron chi connectivity index (χ2n) is 4.89. The predicted molar refractivity (Wildman–Crippen MR) is 76.5 cm³/mol. The Morgan fingerprint density at radius 3 is 2.35 bits per heavy atom. The Hall–Kier alpha value is -2.90. The van der Waals surface area contributed by atoms with Crippen molar-refractivity contribution in [2.24, 2.45) is 5.41 Å². The fourth-order valence-electron chi connectivity index (χ4n) is 2.15. The molecule has 0 saturated carbocycles. The van der Waals surface area contributed by atoms with Gasteiger partial charge in [0, 0.05) is 18.9 Å². The normalized spacial score (nSPS) is 20.6. The number of carboxylic acids is 3. The van der Waals surface area contributed by atoms with Crippen molar-refractivity contribution in [3.8, 4) is 0 Å². The van der Waals surface area contributed by atoms with Gasteiger partial charge in [-0.3, -0.25) is 4.79 Å². The van der Waals surface area contributed by atoms with E-state index in [1.54, 1.807) is 6.92 Å². The highest BCUT2D eigenvalue weighted by Gasteiger charge is 2.42. The summed E-state index contributed by atoms with van der Waals surface area (Å²) >= 11 is 0. The standard InChI is InChI=1S/C15H16O8/c1-2-3-11(16)23-7-6-15(14(21)22)5-4-9(12(17)18)10(8-15)13(19)20/h2-5H,6-8H2,1H3,(H,17,18)(H,19,20)(H,21,22). The predicted octanol–water partition coefficient (Wildman–Crippen LogP) is 0.992. The summed E-state index contributed by atoms with van der Waals surface area (Å²) in [5.74, 6) is -4.91. The topological polar surface area (TPSA) is 138 Å². The van der Waals surface area contributed by atoms with Crippen molar-refractivity contribution in [2.45, 2.75) is 19.8 Å². The summed E-state index contributed by atoms with van der Waals surface area (Å²) in [4.78, 5) is 45.0. The maximum Gasteiger partial charge on any atom is 0.336 e. The highest BCUT2D eigenvalue weighted by molar-refractivity contribution is 6.02. The van der Waals surface area contributed by atoms with Gasteiger partial charge in [0.25, 0.3) is 0 Å². The maximum absolute atomic E-state index is 11.6. The van der Waals surface area contributed by atoms with Gasteiger partial charge in [-0.15, -0.1) is 0 Å². The van der Waals surface area contributed by atoms with E-state index in [-0.39, 0.29) is 13.0 Å². The van der Waals surface area contributed by atoms with Gasteiger partial charge in [0.1, 0.15) is 0 Å². The highest BCUT2D eigenvalue weighted by atomic mass is 16.5. The summed E-state index contributed by atoms with van der Waals surface area (Å²) in [5, 5.41) is 27.5. The number of rotatable bonds is 7. The molecule has 0 saturated heterocycles. The monoisotopic (exact) mass is 324 g/mol. The molecule has 1 rings (SSSR count).